The molecule has 4 nitrogen and oxygen atoms in total. The van der Waals surface area contributed by atoms with Crippen molar-refractivity contribution in [3.63, 3.8) is 0 Å². The number of esters is 1. The lowest BCUT2D eigenvalue weighted by atomic mass is 10.1. The Balaban J connectivity index is 2.69. The van der Waals surface area contributed by atoms with Crippen LogP contribution < -0.4 is 5.32 Å². The van der Waals surface area contributed by atoms with Crippen LogP contribution in [0.4, 0.5) is 14.5 Å². The Morgan fingerprint density at radius 2 is 2.10 bits per heavy atom. The molecule has 20 heavy (non-hydrogen) atoms. The molecular formula is C14H14F2N2O2. The molecule has 0 fully saturated rings. The quantitative estimate of drug-likeness (QED) is 0.874. The maximum atomic E-state index is 13.7. The lowest BCUT2D eigenvalue weighted by Gasteiger charge is -2.13. The summed E-state index contributed by atoms with van der Waals surface area (Å²) in [6.07, 6.45) is 1.20. The number of nitrogens with one attached hydrogen (secondary N) is 1. The Kier molecular flexibility index (Phi) is 4.12. The van der Waals surface area contributed by atoms with E-state index >= 15 is 0 Å². The van der Waals surface area contributed by atoms with Crippen LogP contribution in [0.2, 0.25) is 0 Å². The lowest BCUT2D eigenvalue weighted by molar-refractivity contribution is 0.0527. The summed E-state index contributed by atoms with van der Waals surface area (Å²) in [4.78, 5) is 15.7. The van der Waals surface area contributed by atoms with Gasteiger partial charge in [0.15, 0.2) is 11.6 Å². The van der Waals surface area contributed by atoms with Crippen LogP contribution in [0.3, 0.4) is 0 Å². The van der Waals surface area contributed by atoms with Crippen LogP contribution in [0, 0.1) is 11.6 Å². The van der Waals surface area contributed by atoms with Gasteiger partial charge in [0.2, 0.25) is 0 Å². The van der Waals surface area contributed by atoms with Crippen LogP contribution in [-0.4, -0.2) is 24.1 Å². The number of benzene rings is 1. The maximum absolute atomic E-state index is 13.7. The van der Waals surface area contributed by atoms with E-state index in [0.717, 1.165) is 6.07 Å². The second-order valence-corrected chi connectivity index (χ2v) is 4.06. The monoisotopic (exact) mass is 280 g/mol. The van der Waals surface area contributed by atoms with E-state index in [1.54, 1.807) is 6.92 Å². The first-order chi connectivity index (χ1) is 9.60. The molecule has 0 saturated carbocycles. The maximum Gasteiger partial charge on any atom is 0.341 e. The molecule has 0 aliphatic carbocycles. The van der Waals surface area contributed by atoms with Gasteiger partial charge in [-0.2, -0.15) is 0 Å². The molecule has 0 amide bonds. The van der Waals surface area contributed by atoms with Gasteiger partial charge < -0.3 is 10.1 Å². The molecule has 2 rings (SSSR count). The molecule has 1 aromatic carbocycles. The van der Waals surface area contributed by atoms with Gasteiger partial charge in [0.05, 0.1) is 12.3 Å². The lowest BCUT2D eigenvalue weighted by Crippen LogP contribution is -2.11. The van der Waals surface area contributed by atoms with E-state index in [-0.39, 0.29) is 17.7 Å². The summed E-state index contributed by atoms with van der Waals surface area (Å²) in [5.41, 5.74) is 0.482. The minimum absolute atomic E-state index is 0.117. The molecule has 0 aliphatic heterocycles. The Morgan fingerprint density at radius 1 is 1.35 bits per heavy atom. The number of pyridine rings is 1. The first-order valence-electron chi connectivity index (χ1n) is 6.27. The molecule has 0 aliphatic rings. The zero-order valence-electron chi connectivity index (χ0n) is 11.2. The normalized spacial score (nSPS) is 10.6. The van der Waals surface area contributed by atoms with Crippen LogP contribution in [0.15, 0.2) is 18.3 Å². The van der Waals surface area contributed by atoms with Gasteiger partial charge in [-0.15, -0.1) is 0 Å². The third-order valence-corrected chi connectivity index (χ3v) is 2.78. The summed E-state index contributed by atoms with van der Waals surface area (Å²) in [7, 11) is 0. The van der Waals surface area contributed by atoms with Gasteiger partial charge in [0.1, 0.15) is 11.1 Å². The van der Waals surface area contributed by atoms with Crippen LogP contribution in [-0.2, 0) is 4.74 Å². The molecule has 0 saturated heterocycles. The first-order valence-corrected chi connectivity index (χ1v) is 6.27. The van der Waals surface area contributed by atoms with Crippen LogP contribution >= 0.6 is 0 Å². The number of aromatic nitrogens is 1. The van der Waals surface area contributed by atoms with Gasteiger partial charge in [-0.25, -0.2) is 13.6 Å². The highest BCUT2D eigenvalue weighted by atomic mass is 19.2. The van der Waals surface area contributed by atoms with Crippen LogP contribution in [0.5, 0.6) is 0 Å². The number of hydrogen-bond acceptors (Lipinski definition) is 4. The van der Waals surface area contributed by atoms with Crippen molar-refractivity contribution in [2.75, 3.05) is 18.5 Å². The average Bonchev–Trinajstić information content (AvgIpc) is 2.43. The van der Waals surface area contributed by atoms with E-state index in [1.165, 1.54) is 12.3 Å². The number of carbonyl (C=O) groups excluding carboxylic acids is 1. The number of carbonyl (C=O) groups is 1. The fourth-order valence-electron chi connectivity index (χ4n) is 1.94. The Morgan fingerprint density at radius 3 is 2.75 bits per heavy atom. The smallest absolute Gasteiger partial charge is 0.341 e. The standard InChI is InChI=1S/C14H14F2N2O2/c1-3-17-12-8-5-6-10(15)11(16)13(8)18-7-9(12)14(19)20-4-2/h5-7H,3-4H2,1-2H3,(H,17,18). The molecule has 106 valence electrons. The molecule has 2 aromatic rings. The number of rotatable bonds is 4. The molecule has 0 unspecified atom stereocenters. The van der Waals surface area contributed by atoms with Gasteiger partial charge in [0, 0.05) is 18.1 Å². The van der Waals surface area contributed by atoms with Crippen molar-refractivity contribution in [1.82, 2.24) is 4.98 Å². The van der Waals surface area contributed by atoms with Crippen LogP contribution in [0.25, 0.3) is 10.9 Å². The molecule has 0 atom stereocenters. The van der Waals surface area contributed by atoms with Crippen molar-refractivity contribution in [1.29, 1.82) is 0 Å². The largest absolute Gasteiger partial charge is 0.462 e. The second kappa shape index (κ2) is 5.81. The fraction of sp³-hybridized carbons (Fsp3) is 0.286. The highest BCUT2D eigenvalue weighted by Gasteiger charge is 2.19. The zero-order chi connectivity index (χ0) is 14.7. The number of halogens is 2. The molecule has 0 radical (unpaired) electrons. The molecule has 1 aromatic heterocycles. The van der Waals surface area contributed by atoms with E-state index in [4.69, 9.17) is 4.74 Å². The average molecular weight is 280 g/mol. The number of fused-ring (bicyclic) bond motifs is 1. The third-order valence-electron chi connectivity index (χ3n) is 2.78. The van der Waals surface area contributed by atoms with Crippen molar-refractivity contribution < 1.29 is 18.3 Å². The molecule has 1 N–H and O–H groups in total. The fourth-order valence-corrected chi connectivity index (χ4v) is 1.94. The van der Waals surface area contributed by atoms with E-state index in [2.05, 4.69) is 10.3 Å². The highest BCUT2D eigenvalue weighted by molar-refractivity contribution is 6.05. The topological polar surface area (TPSA) is 51.2 Å². The predicted octanol–water partition coefficient (Wildman–Crippen LogP) is 3.12. The van der Waals surface area contributed by atoms with E-state index in [0.29, 0.717) is 17.6 Å². The van der Waals surface area contributed by atoms with Crippen molar-refractivity contribution >= 4 is 22.6 Å². The third kappa shape index (κ3) is 2.41. The van der Waals surface area contributed by atoms with Crippen LogP contribution in [0.1, 0.15) is 24.2 Å². The summed E-state index contributed by atoms with van der Waals surface area (Å²) >= 11 is 0. The van der Waals surface area contributed by atoms with E-state index in [9.17, 15) is 13.6 Å². The van der Waals surface area contributed by atoms with Crippen molar-refractivity contribution in [3.05, 3.63) is 35.5 Å². The highest BCUT2D eigenvalue weighted by Crippen LogP contribution is 2.29. The van der Waals surface area contributed by atoms with Gasteiger partial charge in [-0.05, 0) is 26.0 Å². The summed E-state index contributed by atoms with van der Waals surface area (Å²) in [6.45, 7) is 4.26. The summed E-state index contributed by atoms with van der Waals surface area (Å²) in [5, 5.41) is 3.32. The molecule has 1 heterocycles. The van der Waals surface area contributed by atoms with Gasteiger partial charge in [-0.1, -0.05) is 0 Å². The minimum Gasteiger partial charge on any atom is -0.462 e. The molecule has 6 heteroatoms. The molecule has 0 spiro atoms. The van der Waals surface area contributed by atoms with Crippen molar-refractivity contribution in [3.8, 4) is 0 Å². The van der Waals surface area contributed by atoms with E-state index < -0.39 is 17.6 Å². The number of ether oxygens (including phenoxy) is 1. The van der Waals surface area contributed by atoms with Crippen molar-refractivity contribution in [2.45, 2.75) is 13.8 Å². The SMILES string of the molecule is CCNc1c(C(=O)OCC)cnc2c(F)c(F)ccc12. The summed E-state index contributed by atoms with van der Waals surface area (Å²) in [6, 6.07) is 2.40. The summed E-state index contributed by atoms with van der Waals surface area (Å²) in [5.74, 6) is -2.56. The van der Waals surface area contributed by atoms with Crippen molar-refractivity contribution in [2.24, 2.45) is 0 Å². The van der Waals surface area contributed by atoms with E-state index in [1.807, 2.05) is 6.92 Å². The van der Waals surface area contributed by atoms with Gasteiger partial charge >= 0.3 is 5.97 Å². The summed E-state index contributed by atoms with van der Waals surface area (Å²) < 4.78 is 31.9. The number of hydrogen-bond donors (Lipinski definition) is 1. The second-order valence-electron chi connectivity index (χ2n) is 4.06. The predicted molar refractivity (Wildman–Crippen MR) is 71.8 cm³/mol. The zero-order valence-corrected chi connectivity index (χ0v) is 11.2. The minimum atomic E-state index is -1.03. The van der Waals surface area contributed by atoms with Gasteiger partial charge in [0.25, 0.3) is 0 Å². The van der Waals surface area contributed by atoms with Gasteiger partial charge in [-0.3, -0.25) is 4.98 Å². The Labute approximate surface area is 114 Å². The first kappa shape index (κ1) is 14.2. The molecule has 0 bridgehead atoms. The Bertz CT molecular complexity index is 659. The Hall–Kier alpha value is -2.24. The number of nitrogens with zero attached hydrogens (tertiary/aromatic N) is 1. The molecular weight excluding hydrogens is 266 g/mol. The number of anilines is 1.